The normalized spacial score (nSPS) is 12.3. The van der Waals surface area contributed by atoms with Crippen molar-refractivity contribution in [1.29, 1.82) is 0 Å². The smallest absolute Gasteiger partial charge is 0.228 e. The van der Waals surface area contributed by atoms with Crippen LogP contribution in [0.4, 0.5) is 0 Å². The number of hydrogen-bond donors (Lipinski definition) is 1. The summed E-state index contributed by atoms with van der Waals surface area (Å²) in [4.78, 5) is 13.8. The van der Waals surface area contributed by atoms with Crippen molar-refractivity contribution in [3.05, 3.63) is 29.8 Å². The Kier molecular flexibility index (Phi) is 5.83. The van der Waals surface area contributed by atoms with E-state index in [1.54, 1.807) is 19.1 Å². The van der Waals surface area contributed by atoms with Gasteiger partial charge in [0.25, 0.3) is 0 Å². The molecule has 1 unspecified atom stereocenters. The van der Waals surface area contributed by atoms with Crippen LogP contribution >= 0.6 is 0 Å². The van der Waals surface area contributed by atoms with Crippen molar-refractivity contribution in [3.63, 3.8) is 0 Å². The molecule has 4 heteroatoms. The van der Waals surface area contributed by atoms with Crippen LogP contribution in [-0.4, -0.2) is 36.7 Å². The van der Waals surface area contributed by atoms with Gasteiger partial charge < -0.3 is 14.7 Å². The number of carbonyl (C=O) groups is 1. The van der Waals surface area contributed by atoms with Crippen LogP contribution in [0.5, 0.6) is 5.75 Å². The van der Waals surface area contributed by atoms with Crippen molar-refractivity contribution in [2.24, 2.45) is 11.8 Å². The van der Waals surface area contributed by atoms with Gasteiger partial charge in [-0.2, -0.15) is 0 Å². The lowest BCUT2D eigenvalue weighted by Gasteiger charge is -2.25. The molecule has 0 aliphatic carbocycles. The Morgan fingerprint density at radius 2 is 1.89 bits per heavy atom. The lowest BCUT2D eigenvalue weighted by molar-refractivity contribution is -0.137. The number of aliphatic hydroxyl groups excluding tert-OH is 1. The minimum absolute atomic E-state index is 0.0201. The fourth-order valence-corrected chi connectivity index (χ4v) is 1.94. The highest BCUT2D eigenvalue weighted by Crippen LogP contribution is 2.16. The van der Waals surface area contributed by atoms with Gasteiger partial charge in [-0.1, -0.05) is 26.0 Å². The number of benzene rings is 1. The van der Waals surface area contributed by atoms with E-state index in [1.165, 1.54) is 0 Å². The van der Waals surface area contributed by atoms with E-state index in [1.807, 2.05) is 38.1 Å². The first-order chi connectivity index (χ1) is 8.99. The molecule has 0 aromatic heterocycles. The van der Waals surface area contributed by atoms with Crippen LogP contribution in [0.15, 0.2) is 24.3 Å². The maximum Gasteiger partial charge on any atom is 0.228 e. The maximum atomic E-state index is 12.2. The standard InChI is InChI=1S/C15H23NO3/c1-11(2)14(10-17)15(18)16(3)9-12-5-7-13(19-4)8-6-12/h5-8,11,14,17H,9-10H2,1-4H3. The van der Waals surface area contributed by atoms with E-state index in [-0.39, 0.29) is 24.3 Å². The molecular formula is C15H23NO3. The van der Waals surface area contributed by atoms with Gasteiger partial charge in [0.1, 0.15) is 5.75 Å². The van der Waals surface area contributed by atoms with Crippen molar-refractivity contribution in [2.45, 2.75) is 20.4 Å². The van der Waals surface area contributed by atoms with Crippen molar-refractivity contribution < 1.29 is 14.6 Å². The summed E-state index contributed by atoms with van der Waals surface area (Å²) in [6.07, 6.45) is 0. The third-order valence-electron chi connectivity index (χ3n) is 3.27. The molecule has 1 atom stereocenters. The van der Waals surface area contributed by atoms with E-state index in [0.717, 1.165) is 11.3 Å². The maximum absolute atomic E-state index is 12.2. The van der Waals surface area contributed by atoms with E-state index < -0.39 is 0 Å². The van der Waals surface area contributed by atoms with Crippen LogP contribution in [0.2, 0.25) is 0 Å². The molecule has 106 valence electrons. The van der Waals surface area contributed by atoms with E-state index in [9.17, 15) is 9.90 Å². The molecule has 1 rings (SSSR count). The molecule has 0 fully saturated rings. The molecule has 0 bridgehead atoms. The summed E-state index contributed by atoms with van der Waals surface area (Å²) in [5.41, 5.74) is 1.04. The van der Waals surface area contributed by atoms with Gasteiger partial charge in [-0.15, -0.1) is 0 Å². The number of ether oxygens (including phenoxy) is 1. The highest BCUT2D eigenvalue weighted by atomic mass is 16.5. The van der Waals surface area contributed by atoms with Crippen LogP contribution in [0.3, 0.4) is 0 Å². The average Bonchev–Trinajstić information content (AvgIpc) is 2.39. The lowest BCUT2D eigenvalue weighted by atomic mass is 9.95. The number of hydrogen-bond acceptors (Lipinski definition) is 3. The molecule has 1 aromatic rings. The molecule has 1 aromatic carbocycles. The lowest BCUT2D eigenvalue weighted by Crippen LogP contribution is -2.36. The Balaban J connectivity index is 2.67. The first-order valence-corrected chi connectivity index (χ1v) is 6.48. The summed E-state index contributed by atoms with van der Waals surface area (Å²) in [6, 6.07) is 7.62. The Hall–Kier alpha value is -1.55. The number of methoxy groups -OCH3 is 1. The fourth-order valence-electron chi connectivity index (χ4n) is 1.94. The van der Waals surface area contributed by atoms with Gasteiger partial charge in [0.15, 0.2) is 0 Å². The van der Waals surface area contributed by atoms with Crippen molar-refractivity contribution in [2.75, 3.05) is 20.8 Å². The van der Waals surface area contributed by atoms with Gasteiger partial charge in [0, 0.05) is 13.6 Å². The van der Waals surface area contributed by atoms with Gasteiger partial charge >= 0.3 is 0 Å². The summed E-state index contributed by atoms with van der Waals surface area (Å²) in [6.45, 7) is 4.31. The van der Waals surface area contributed by atoms with Gasteiger partial charge in [-0.05, 0) is 23.6 Å². The van der Waals surface area contributed by atoms with E-state index in [0.29, 0.717) is 6.54 Å². The summed E-state index contributed by atoms with van der Waals surface area (Å²) < 4.78 is 5.10. The molecule has 0 saturated carbocycles. The van der Waals surface area contributed by atoms with E-state index in [4.69, 9.17) is 4.74 Å². The molecule has 19 heavy (non-hydrogen) atoms. The zero-order valence-electron chi connectivity index (χ0n) is 12.1. The van der Waals surface area contributed by atoms with E-state index in [2.05, 4.69) is 0 Å². The zero-order chi connectivity index (χ0) is 14.4. The molecule has 0 aliphatic rings. The van der Waals surface area contributed by atoms with Gasteiger partial charge in [-0.3, -0.25) is 4.79 Å². The van der Waals surface area contributed by atoms with Gasteiger partial charge in [0.2, 0.25) is 5.91 Å². The second-order valence-electron chi connectivity index (χ2n) is 5.08. The number of aliphatic hydroxyl groups is 1. The number of carbonyl (C=O) groups excluding carboxylic acids is 1. The Bertz CT molecular complexity index is 400. The Morgan fingerprint density at radius 1 is 1.32 bits per heavy atom. The molecule has 0 heterocycles. The predicted molar refractivity (Wildman–Crippen MR) is 74.9 cm³/mol. The average molecular weight is 265 g/mol. The highest BCUT2D eigenvalue weighted by Gasteiger charge is 2.24. The highest BCUT2D eigenvalue weighted by molar-refractivity contribution is 5.78. The predicted octanol–water partition coefficient (Wildman–Crippen LogP) is 1.92. The SMILES string of the molecule is COc1ccc(CN(C)C(=O)C(CO)C(C)C)cc1. The second kappa shape index (κ2) is 7.14. The second-order valence-corrected chi connectivity index (χ2v) is 5.08. The van der Waals surface area contributed by atoms with Crippen LogP contribution in [0.25, 0.3) is 0 Å². The molecule has 0 radical (unpaired) electrons. The van der Waals surface area contributed by atoms with Crippen LogP contribution < -0.4 is 4.74 Å². The third-order valence-corrected chi connectivity index (χ3v) is 3.27. The number of nitrogens with zero attached hydrogens (tertiary/aromatic N) is 1. The molecule has 0 spiro atoms. The van der Waals surface area contributed by atoms with Crippen molar-refractivity contribution >= 4 is 5.91 Å². The molecular weight excluding hydrogens is 242 g/mol. The first kappa shape index (κ1) is 15.5. The van der Waals surface area contributed by atoms with E-state index >= 15 is 0 Å². The first-order valence-electron chi connectivity index (χ1n) is 6.48. The van der Waals surface area contributed by atoms with Crippen molar-refractivity contribution in [3.8, 4) is 5.75 Å². The fraction of sp³-hybridized carbons (Fsp3) is 0.533. The minimum Gasteiger partial charge on any atom is -0.497 e. The summed E-state index contributed by atoms with van der Waals surface area (Å²) >= 11 is 0. The Labute approximate surface area is 115 Å². The summed E-state index contributed by atoms with van der Waals surface area (Å²) in [7, 11) is 3.39. The quantitative estimate of drug-likeness (QED) is 0.855. The van der Waals surface area contributed by atoms with Gasteiger partial charge in [0.05, 0.1) is 19.6 Å². The summed E-state index contributed by atoms with van der Waals surface area (Å²) in [5.74, 6) is 0.584. The van der Waals surface area contributed by atoms with Gasteiger partial charge in [-0.25, -0.2) is 0 Å². The van der Waals surface area contributed by atoms with Crippen LogP contribution in [-0.2, 0) is 11.3 Å². The third kappa shape index (κ3) is 4.24. The van der Waals surface area contributed by atoms with Crippen LogP contribution in [0, 0.1) is 11.8 Å². The zero-order valence-corrected chi connectivity index (χ0v) is 12.1. The molecule has 1 amide bonds. The number of rotatable bonds is 6. The largest absolute Gasteiger partial charge is 0.497 e. The molecule has 1 N–H and O–H groups in total. The monoisotopic (exact) mass is 265 g/mol. The molecule has 0 aliphatic heterocycles. The molecule has 0 saturated heterocycles. The topological polar surface area (TPSA) is 49.8 Å². The van der Waals surface area contributed by atoms with Crippen LogP contribution in [0.1, 0.15) is 19.4 Å². The summed E-state index contributed by atoms with van der Waals surface area (Å²) in [5, 5.41) is 9.29. The number of amides is 1. The minimum atomic E-state index is -0.330. The van der Waals surface area contributed by atoms with Crippen molar-refractivity contribution in [1.82, 2.24) is 4.90 Å². The Morgan fingerprint density at radius 3 is 2.32 bits per heavy atom. The molecule has 4 nitrogen and oxygen atoms in total.